The highest BCUT2D eigenvalue weighted by Crippen LogP contribution is 2.22. The van der Waals surface area contributed by atoms with Crippen molar-refractivity contribution in [2.75, 3.05) is 26.3 Å². The van der Waals surface area contributed by atoms with Gasteiger partial charge < -0.3 is 9.84 Å². The minimum Gasteiger partial charge on any atom is -0.394 e. The average molecular weight is 332 g/mol. The topological polar surface area (TPSA) is 32.7 Å². The number of aliphatic hydroxyl groups is 1. The third kappa shape index (κ3) is 4.53. The summed E-state index contributed by atoms with van der Waals surface area (Å²) in [6, 6.07) is 4.83. The van der Waals surface area contributed by atoms with Crippen LogP contribution in [0.5, 0.6) is 0 Å². The molecule has 106 valence electrons. The van der Waals surface area contributed by atoms with Crippen molar-refractivity contribution in [3.05, 3.63) is 34.1 Å². The van der Waals surface area contributed by atoms with E-state index >= 15 is 0 Å². The van der Waals surface area contributed by atoms with Gasteiger partial charge in [0.2, 0.25) is 0 Å². The van der Waals surface area contributed by atoms with E-state index in [1.54, 1.807) is 0 Å². The van der Waals surface area contributed by atoms with E-state index in [-0.39, 0.29) is 18.5 Å². The van der Waals surface area contributed by atoms with Gasteiger partial charge in [0.15, 0.2) is 0 Å². The Kier molecular flexibility index (Phi) is 5.76. The number of likely N-dealkylation sites (tertiary alicyclic amines) is 1. The van der Waals surface area contributed by atoms with E-state index in [0.29, 0.717) is 6.61 Å². The number of nitrogens with zero attached hydrogens (tertiary/aromatic N) is 1. The summed E-state index contributed by atoms with van der Waals surface area (Å²) >= 11 is 3.40. The molecule has 0 spiro atoms. The van der Waals surface area contributed by atoms with Gasteiger partial charge in [0, 0.05) is 24.1 Å². The van der Waals surface area contributed by atoms with Gasteiger partial charge in [0.05, 0.1) is 19.3 Å². The van der Waals surface area contributed by atoms with Gasteiger partial charge in [-0.25, -0.2) is 4.39 Å². The SMILES string of the molecule is OCCOC1CCN(Cc2ccc(F)cc2Br)CC1. The molecule has 1 aliphatic rings. The van der Waals surface area contributed by atoms with Gasteiger partial charge in [-0.05, 0) is 30.5 Å². The number of aliphatic hydroxyl groups excluding tert-OH is 1. The van der Waals surface area contributed by atoms with Crippen LogP contribution in [-0.4, -0.2) is 42.4 Å². The summed E-state index contributed by atoms with van der Waals surface area (Å²) in [6.45, 7) is 3.28. The molecule has 0 saturated carbocycles. The summed E-state index contributed by atoms with van der Waals surface area (Å²) < 4.78 is 19.4. The molecule has 2 rings (SSSR count). The minimum atomic E-state index is -0.216. The predicted octanol–water partition coefficient (Wildman–Crippen LogP) is 2.56. The smallest absolute Gasteiger partial charge is 0.124 e. The molecule has 3 nitrogen and oxygen atoms in total. The van der Waals surface area contributed by atoms with E-state index in [2.05, 4.69) is 20.8 Å². The zero-order chi connectivity index (χ0) is 13.7. The van der Waals surface area contributed by atoms with E-state index < -0.39 is 0 Å². The molecule has 0 aromatic heterocycles. The standard InChI is InChI=1S/C14H19BrFNO2/c15-14-9-12(16)2-1-11(14)10-17-5-3-13(4-6-17)19-8-7-18/h1-2,9,13,18H,3-8,10H2. The lowest BCUT2D eigenvalue weighted by atomic mass is 10.1. The number of ether oxygens (including phenoxy) is 1. The fraction of sp³-hybridized carbons (Fsp3) is 0.571. The number of hydrogen-bond donors (Lipinski definition) is 1. The Hall–Kier alpha value is -0.490. The fourth-order valence-corrected chi connectivity index (χ4v) is 2.82. The number of halogens is 2. The summed E-state index contributed by atoms with van der Waals surface area (Å²) in [4.78, 5) is 2.34. The molecule has 1 aliphatic heterocycles. The minimum absolute atomic E-state index is 0.0861. The second-order valence-electron chi connectivity index (χ2n) is 4.81. The molecule has 0 amide bonds. The lowest BCUT2D eigenvalue weighted by molar-refractivity contribution is -0.00904. The highest BCUT2D eigenvalue weighted by atomic mass is 79.9. The molecule has 1 heterocycles. The lowest BCUT2D eigenvalue weighted by Gasteiger charge is -2.32. The van der Waals surface area contributed by atoms with Crippen LogP contribution in [0, 0.1) is 5.82 Å². The Morgan fingerprint density at radius 3 is 2.74 bits per heavy atom. The van der Waals surface area contributed by atoms with E-state index in [1.807, 2.05) is 6.07 Å². The van der Waals surface area contributed by atoms with Gasteiger partial charge in [-0.3, -0.25) is 4.90 Å². The van der Waals surface area contributed by atoms with Crippen molar-refractivity contribution in [1.82, 2.24) is 4.90 Å². The van der Waals surface area contributed by atoms with Crippen LogP contribution in [0.2, 0.25) is 0 Å². The molecular formula is C14H19BrFNO2. The Morgan fingerprint density at radius 1 is 1.37 bits per heavy atom. The molecule has 1 saturated heterocycles. The van der Waals surface area contributed by atoms with Crippen LogP contribution in [0.1, 0.15) is 18.4 Å². The van der Waals surface area contributed by atoms with E-state index in [9.17, 15) is 4.39 Å². The molecule has 1 N–H and O–H groups in total. The van der Waals surface area contributed by atoms with Gasteiger partial charge in [-0.2, -0.15) is 0 Å². The van der Waals surface area contributed by atoms with Crippen LogP contribution in [0.3, 0.4) is 0 Å². The Morgan fingerprint density at radius 2 is 2.11 bits per heavy atom. The van der Waals surface area contributed by atoms with Gasteiger partial charge in [-0.15, -0.1) is 0 Å². The number of rotatable bonds is 5. The van der Waals surface area contributed by atoms with Crippen molar-refractivity contribution in [3.63, 3.8) is 0 Å². The number of benzene rings is 1. The summed E-state index contributed by atoms with van der Waals surface area (Å²) in [6.07, 6.45) is 2.23. The summed E-state index contributed by atoms with van der Waals surface area (Å²) in [5, 5.41) is 8.73. The largest absolute Gasteiger partial charge is 0.394 e. The molecule has 1 fully saturated rings. The normalized spacial score (nSPS) is 17.8. The molecule has 1 aromatic rings. The highest BCUT2D eigenvalue weighted by molar-refractivity contribution is 9.10. The third-order valence-electron chi connectivity index (χ3n) is 3.39. The van der Waals surface area contributed by atoms with Crippen molar-refractivity contribution >= 4 is 15.9 Å². The van der Waals surface area contributed by atoms with Crippen molar-refractivity contribution < 1.29 is 14.2 Å². The molecule has 0 radical (unpaired) electrons. The molecule has 0 atom stereocenters. The lowest BCUT2D eigenvalue weighted by Crippen LogP contribution is -2.37. The molecule has 0 unspecified atom stereocenters. The molecule has 1 aromatic carbocycles. The van der Waals surface area contributed by atoms with Crippen LogP contribution in [-0.2, 0) is 11.3 Å². The van der Waals surface area contributed by atoms with Crippen LogP contribution in [0.25, 0.3) is 0 Å². The van der Waals surface area contributed by atoms with Crippen molar-refractivity contribution in [1.29, 1.82) is 0 Å². The Balaban J connectivity index is 1.82. The third-order valence-corrected chi connectivity index (χ3v) is 4.13. The quantitative estimate of drug-likeness (QED) is 0.900. The van der Waals surface area contributed by atoms with Crippen LogP contribution in [0.15, 0.2) is 22.7 Å². The summed E-state index contributed by atoms with van der Waals surface area (Å²) in [7, 11) is 0. The first-order valence-corrected chi connectivity index (χ1v) is 7.37. The molecular weight excluding hydrogens is 313 g/mol. The predicted molar refractivity (Wildman–Crippen MR) is 75.4 cm³/mol. The maximum Gasteiger partial charge on any atom is 0.124 e. The zero-order valence-corrected chi connectivity index (χ0v) is 12.4. The first kappa shape index (κ1) is 14.9. The second kappa shape index (κ2) is 7.33. The highest BCUT2D eigenvalue weighted by Gasteiger charge is 2.20. The molecule has 19 heavy (non-hydrogen) atoms. The van der Waals surface area contributed by atoms with Gasteiger partial charge >= 0.3 is 0 Å². The number of piperidine rings is 1. The first-order chi connectivity index (χ1) is 9.19. The van der Waals surface area contributed by atoms with Crippen molar-refractivity contribution in [2.45, 2.75) is 25.5 Å². The average Bonchev–Trinajstić information content (AvgIpc) is 2.41. The molecule has 0 aliphatic carbocycles. The fourth-order valence-electron chi connectivity index (χ4n) is 2.34. The van der Waals surface area contributed by atoms with E-state index in [4.69, 9.17) is 9.84 Å². The molecule has 0 bridgehead atoms. The van der Waals surface area contributed by atoms with Gasteiger partial charge in [0.25, 0.3) is 0 Å². The summed E-state index contributed by atoms with van der Waals surface area (Å²) in [5.74, 6) is -0.216. The van der Waals surface area contributed by atoms with Gasteiger partial charge in [0.1, 0.15) is 5.82 Å². The summed E-state index contributed by atoms with van der Waals surface area (Å²) in [5.41, 5.74) is 1.11. The number of hydrogen-bond acceptors (Lipinski definition) is 3. The maximum atomic E-state index is 13.0. The Labute approximate surface area is 121 Å². The van der Waals surface area contributed by atoms with Crippen LogP contribution in [0.4, 0.5) is 4.39 Å². The maximum absolute atomic E-state index is 13.0. The van der Waals surface area contributed by atoms with Crippen LogP contribution < -0.4 is 0 Å². The van der Waals surface area contributed by atoms with E-state index in [0.717, 1.165) is 42.5 Å². The molecule has 5 heteroatoms. The van der Waals surface area contributed by atoms with Crippen molar-refractivity contribution in [2.24, 2.45) is 0 Å². The Bertz CT molecular complexity index is 408. The van der Waals surface area contributed by atoms with Gasteiger partial charge in [-0.1, -0.05) is 22.0 Å². The van der Waals surface area contributed by atoms with Crippen molar-refractivity contribution in [3.8, 4) is 0 Å². The van der Waals surface area contributed by atoms with Crippen LogP contribution >= 0.6 is 15.9 Å². The first-order valence-electron chi connectivity index (χ1n) is 6.58. The zero-order valence-electron chi connectivity index (χ0n) is 10.8. The second-order valence-corrected chi connectivity index (χ2v) is 5.66. The monoisotopic (exact) mass is 331 g/mol. The van der Waals surface area contributed by atoms with E-state index in [1.165, 1.54) is 12.1 Å².